The molecule has 2 aromatic carbocycles. The number of benzene rings is 2. The van der Waals surface area contributed by atoms with E-state index in [0.29, 0.717) is 16.8 Å². The van der Waals surface area contributed by atoms with Crippen molar-refractivity contribution in [1.29, 1.82) is 5.26 Å². The molecule has 164 valence electrons. The third kappa shape index (κ3) is 3.50. The van der Waals surface area contributed by atoms with Gasteiger partial charge in [-0.15, -0.1) is 10.2 Å². The number of alkyl halides is 3. The summed E-state index contributed by atoms with van der Waals surface area (Å²) in [6.45, 7) is 0. The molecule has 2 aromatic heterocycles. The van der Waals surface area contributed by atoms with Gasteiger partial charge in [0, 0.05) is 29.9 Å². The fourth-order valence-corrected chi connectivity index (χ4v) is 3.58. The Morgan fingerprint density at radius 3 is 2.58 bits per heavy atom. The van der Waals surface area contributed by atoms with Gasteiger partial charge in [0.1, 0.15) is 11.2 Å². The maximum Gasteiger partial charge on any atom is 0.405 e. The number of rotatable bonds is 2. The number of fused-ring (bicyclic) bond motifs is 3. The SMILES string of the molecule is CN(c1cc(F)cc(C#CC2(C(F)(F)F)CC2)c1)c1nnc2ncc3ccc(C#N)cc3n12. The molecule has 0 bridgehead atoms. The summed E-state index contributed by atoms with van der Waals surface area (Å²) >= 11 is 0. The number of nitriles is 1. The fraction of sp³-hybridized carbons (Fsp3) is 0.217. The summed E-state index contributed by atoms with van der Waals surface area (Å²) in [4.78, 5) is 5.79. The molecule has 5 rings (SSSR count). The molecule has 2 heterocycles. The van der Waals surface area contributed by atoms with Gasteiger partial charge in [0.25, 0.3) is 5.78 Å². The first-order chi connectivity index (χ1) is 15.7. The van der Waals surface area contributed by atoms with Crippen molar-refractivity contribution < 1.29 is 17.6 Å². The first-order valence-corrected chi connectivity index (χ1v) is 9.89. The normalized spacial score (nSPS) is 14.5. The molecule has 0 unspecified atom stereocenters. The van der Waals surface area contributed by atoms with E-state index in [9.17, 15) is 22.8 Å². The molecular formula is C23H14F4N6. The Bertz CT molecular complexity index is 1520. The van der Waals surface area contributed by atoms with E-state index >= 15 is 0 Å². The molecule has 1 fully saturated rings. The molecule has 1 saturated carbocycles. The van der Waals surface area contributed by atoms with E-state index in [2.05, 4.69) is 33.1 Å². The lowest BCUT2D eigenvalue weighted by atomic mass is 10.1. The van der Waals surface area contributed by atoms with Gasteiger partial charge in [-0.25, -0.2) is 13.8 Å². The zero-order chi connectivity index (χ0) is 23.4. The maximum absolute atomic E-state index is 14.4. The van der Waals surface area contributed by atoms with Crippen LogP contribution >= 0.6 is 0 Å². The highest BCUT2D eigenvalue weighted by molar-refractivity contribution is 5.83. The average molecular weight is 450 g/mol. The Kier molecular flexibility index (Phi) is 4.50. The van der Waals surface area contributed by atoms with E-state index in [-0.39, 0.29) is 30.1 Å². The Morgan fingerprint density at radius 2 is 1.88 bits per heavy atom. The summed E-state index contributed by atoms with van der Waals surface area (Å²) in [6.07, 6.45) is -2.91. The van der Waals surface area contributed by atoms with Gasteiger partial charge in [0.15, 0.2) is 0 Å². The molecular weight excluding hydrogens is 436 g/mol. The van der Waals surface area contributed by atoms with Gasteiger partial charge >= 0.3 is 6.18 Å². The van der Waals surface area contributed by atoms with Crippen LogP contribution in [0, 0.1) is 34.4 Å². The van der Waals surface area contributed by atoms with Crippen LogP contribution in [0.25, 0.3) is 16.7 Å². The lowest BCUT2D eigenvalue weighted by molar-refractivity contribution is -0.168. The van der Waals surface area contributed by atoms with Crippen molar-refractivity contribution in [3.63, 3.8) is 0 Å². The molecule has 1 aliphatic carbocycles. The minimum atomic E-state index is -4.41. The van der Waals surface area contributed by atoms with Gasteiger partial charge < -0.3 is 4.90 Å². The second-order valence-corrected chi connectivity index (χ2v) is 7.87. The molecule has 0 spiro atoms. The largest absolute Gasteiger partial charge is 0.405 e. The summed E-state index contributed by atoms with van der Waals surface area (Å²) in [7, 11) is 1.62. The molecule has 4 aromatic rings. The van der Waals surface area contributed by atoms with Gasteiger partial charge in [-0.3, -0.25) is 0 Å². The van der Waals surface area contributed by atoms with Gasteiger partial charge in [0.2, 0.25) is 5.95 Å². The van der Waals surface area contributed by atoms with Crippen molar-refractivity contribution in [3.05, 3.63) is 59.5 Å². The van der Waals surface area contributed by atoms with E-state index in [1.807, 2.05) is 0 Å². The molecule has 10 heteroatoms. The predicted molar refractivity (Wildman–Crippen MR) is 112 cm³/mol. The van der Waals surface area contributed by atoms with E-state index in [1.54, 1.807) is 35.8 Å². The van der Waals surface area contributed by atoms with E-state index < -0.39 is 17.4 Å². The van der Waals surface area contributed by atoms with Crippen LogP contribution in [-0.4, -0.2) is 32.8 Å². The highest BCUT2D eigenvalue weighted by atomic mass is 19.4. The molecule has 0 amide bonds. The minimum Gasteiger partial charge on any atom is -0.313 e. The lowest BCUT2D eigenvalue weighted by Gasteiger charge is -2.18. The van der Waals surface area contributed by atoms with Crippen LogP contribution in [0.4, 0.5) is 29.2 Å². The quantitative estimate of drug-likeness (QED) is 0.326. The molecule has 0 saturated heterocycles. The summed E-state index contributed by atoms with van der Waals surface area (Å²) in [5.74, 6) is 4.69. The van der Waals surface area contributed by atoms with Gasteiger partial charge in [-0.2, -0.15) is 18.4 Å². The number of hydrogen-bond acceptors (Lipinski definition) is 5. The van der Waals surface area contributed by atoms with Crippen molar-refractivity contribution in [3.8, 4) is 17.9 Å². The highest BCUT2D eigenvalue weighted by Crippen LogP contribution is 2.57. The van der Waals surface area contributed by atoms with Crippen LogP contribution in [0.15, 0.2) is 42.6 Å². The number of anilines is 2. The lowest BCUT2D eigenvalue weighted by Crippen LogP contribution is -2.22. The van der Waals surface area contributed by atoms with Crippen molar-refractivity contribution >= 4 is 28.3 Å². The molecule has 0 N–H and O–H groups in total. The molecule has 1 aliphatic rings. The Labute approximate surface area is 185 Å². The van der Waals surface area contributed by atoms with Crippen LogP contribution in [0.3, 0.4) is 0 Å². The molecule has 0 radical (unpaired) electrons. The van der Waals surface area contributed by atoms with Crippen molar-refractivity contribution in [1.82, 2.24) is 19.6 Å². The van der Waals surface area contributed by atoms with Gasteiger partial charge in [-0.05, 0) is 43.2 Å². The van der Waals surface area contributed by atoms with Gasteiger partial charge in [0.05, 0.1) is 17.1 Å². The average Bonchev–Trinajstić information content (AvgIpc) is 3.48. The molecule has 0 aliphatic heterocycles. The van der Waals surface area contributed by atoms with E-state index in [0.717, 1.165) is 11.5 Å². The second kappa shape index (κ2) is 7.17. The van der Waals surface area contributed by atoms with E-state index in [1.165, 1.54) is 17.0 Å². The topological polar surface area (TPSA) is 70.1 Å². The molecule has 33 heavy (non-hydrogen) atoms. The standard InChI is InChI=1S/C23H14F4N6/c1-32(18-9-14(8-17(24)11-18)4-5-22(6-7-22)23(25,26)27)21-31-30-20-29-13-16-3-2-15(12-28)10-19(16)33(20)21/h2-3,8-11,13H,6-7H2,1H3. The Balaban J connectivity index is 1.59. The number of nitrogens with zero attached hydrogens (tertiary/aromatic N) is 6. The van der Waals surface area contributed by atoms with Crippen LogP contribution < -0.4 is 4.90 Å². The smallest absolute Gasteiger partial charge is 0.313 e. The summed E-state index contributed by atoms with van der Waals surface area (Å²) in [6, 6.07) is 11.0. The van der Waals surface area contributed by atoms with Crippen LogP contribution in [0.2, 0.25) is 0 Å². The van der Waals surface area contributed by atoms with Crippen LogP contribution in [-0.2, 0) is 0 Å². The Hall–Kier alpha value is -4.18. The summed E-state index contributed by atoms with van der Waals surface area (Å²) < 4.78 is 55.5. The summed E-state index contributed by atoms with van der Waals surface area (Å²) in [5.41, 5.74) is -0.505. The number of hydrogen-bond donors (Lipinski definition) is 0. The fourth-order valence-electron chi connectivity index (χ4n) is 3.58. The van der Waals surface area contributed by atoms with Crippen molar-refractivity contribution in [2.24, 2.45) is 5.41 Å². The third-order valence-electron chi connectivity index (χ3n) is 5.66. The maximum atomic E-state index is 14.4. The monoisotopic (exact) mass is 450 g/mol. The first-order valence-electron chi connectivity index (χ1n) is 9.89. The first kappa shape index (κ1) is 20.7. The molecule has 6 nitrogen and oxygen atoms in total. The number of halogens is 4. The molecule has 0 atom stereocenters. The van der Waals surface area contributed by atoms with Crippen molar-refractivity contribution in [2.45, 2.75) is 19.0 Å². The second-order valence-electron chi connectivity index (χ2n) is 7.87. The third-order valence-corrected chi connectivity index (χ3v) is 5.66. The van der Waals surface area contributed by atoms with Gasteiger partial charge in [-0.1, -0.05) is 17.9 Å². The highest BCUT2D eigenvalue weighted by Gasteiger charge is 2.62. The van der Waals surface area contributed by atoms with Crippen molar-refractivity contribution in [2.75, 3.05) is 11.9 Å². The zero-order valence-corrected chi connectivity index (χ0v) is 17.2. The predicted octanol–water partition coefficient (Wildman–Crippen LogP) is 4.75. The zero-order valence-electron chi connectivity index (χ0n) is 17.2. The Morgan fingerprint density at radius 1 is 1.09 bits per heavy atom. The van der Waals surface area contributed by atoms with E-state index in [4.69, 9.17) is 0 Å². The van der Waals surface area contributed by atoms with Crippen LogP contribution in [0.1, 0.15) is 24.0 Å². The minimum absolute atomic E-state index is 0.0535. The number of aromatic nitrogens is 4. The van der Waals surface area contributed by atoms with Crippen LogP contribution in [0.5, 0.6) is 0 Å². The summed E-state index contributed by atoms with van der Waals surface area (Å²) in [5, 5.41) is 18.2.